The summed E-state index contributed by atoms with van der Waals surface area (Å²) in [4.78, 5) is 31.5. The number of ether oxygens (including phenoxy) is 1. The lowest BCUT2D eigenvalue weighted by atomic mass is 9.31. The van der Waals surface area contributed by atoms with Gasteiger partial charge >= 0.3 is 0 Å². The number of Topliss-reactive ketones (excluding diaryl/α,β-unsaturated/α-hetero) is 2. The Kier molecular flexibility index (Phi) is 11.9. The van der Waals surface area contributed by atoms with Crippen LogP contribution in [-0.4, -0.2) is 81.6 Å². The van der Waals surface area contributed by atoms with E-state index in [0.717, 1.165) is 93.0 Å². The summed E-state index contributed by atoms with van der Waals surface area (Å²) >= 11 is 0. The second-order valence-corrected chi connectivity index (χ2v) is 24.7. The van der Waals surface area contributed by atoms with Crippen LogP contribution in [-0.2, 0) is 26.3 Å². The maximum atomic E-state index is 16.3. The van der Waals surface area contributed by atoms with Gasteiger partial charge in [0.25, 0.3) is 0 Å². The average molecular weight is 920 g/mol. The van der Waals surface area contributed by atoms with Gasteiger partial charge in [0.05, 0.1) is 22.7 Å². The van der Waals surface area contributed by atoms with Gasteiger partial charge in [-0.3, -0.25) is 9.59 Å². The first-order valence-corrected chi connectivity index (χ1v) is 26.4. The van der Waals surface area contributed by atoms with E-state index in [0.29, 0.717) is 63.3 Å². The summed E-state index contributed by atoms with van der Waals surface area (Å²) in [6.07, 6.45) is 11.8. The second kappa shape index (κ2) is 16.8. The zero-order chi connectivity index (χ0) is 47.5. The molecule has 2 aromatic rings. The van der Waals surface area contributed by atoms with E-state index >= 15 is 9.59 Å². The number of anilines is 1. The van der Waals surface area contributed by atoms with Crippen molar-refractivity contribution in [1.29, 1.82) is 0 Å². The normalized spacial score (nSPS) is 43.5. The number of rotatable bonds is 11. The highest BCUT2D eigenvalue weighted by Crippen LogP contribution is 2.79. The number of epoxide rings is 1. The van der Waals surface area contributed by atoms with Gasteiger partial charge in [-0.1, -0.05) is 70.2 Å². The van der Waals surface area contributed by atoms with Gasteiger partial charge < -0.3 is 41.5 Å². The lowest BCUT2D eigenvalue weighted by Crippen LogP contribution is -2.73. The summed E-state index contributed by atoms with van der Waals surface area (Å²) in [5.41, 5.74) is 8.00. The molecule has 2 heterocycles. The van der Waals surface area contributed by atoms with Crippen LogP contribution in [0.3, 0.4) is 0 Å². The van der Waals surface area contributed by atoms with Gasteiger partial charge in [-0.05, 0) is 185 Å². The van der Waals surface area contributed by atoms with E-state index in [-0.39, 0.29) is 59.4 Å². The molecule has 366 valence electrons. The molecule has 15 atom stereocenters. The largest absolute Gasteiger partial charge is 0.508 e. The molecule has 8 N–H and O–H groups in total. The zero-order valence-electron chi connectivity index (χ0n) is 41.4. The van der Waals surface area contributed by atoms with Crippen molar-refractivity contribution in [2.45, 2.75) is 191 Å². The Morgan fingerprint density at radius 2 is 1.76 bits per heavy atom. The van der Waals surface area contributed by atoms with Crippen molar-refractivity contribution in [3.05, 3.63) is 70.3 Å². The van der Waals surface area contributed by atoms with Crippen LogP contribution >= 0.6 is 0 Å². The van der Waals surface area contributed by atoms with Gasteiger partial charge in [0, 0.05) is 48.7 Å². The van der Waals surface area contributed by atoms with Crippen LogP contribution in [0, 0.1) is 45.3 Å². The molecule has 5 bridgehead atoms. The molecule has 2 saturated heterocycles. The first kappa shape index (κ1) is 47.6. The molecule has 10 rings (SSSR count). The van der Waals surface area contributed by atoms with E-state index in [1.165, 1.54) is 11.1 Å². The van der Waals surface area contributed by atoms with E-state index in [2.05, 4.69) is 56.5 Å². The number of aliphatic hydroxyl groups is 3. The molecule has 1 spiro atoms. The fourth-order valence-electron chi connectivity index (χ4n) is 18.6. The lowest BCUT2D eigenvalue weighted by molar-refractivity contribution is -0.214. The van der Waals surface area contributed by atoms with Crippen LogP contribution in [0.15, 0.2) is 53.6 Å². The molecule has 0 amide bonds. The minimum Gasteiger partial charge on any atom is -0.508 e. The fraction of sp³-hybridized carbons (Fsp3) is 0.719. The van der Waals surface area contributed by atoms with E-state index in [1.807, 2.05) is 38.2 Å². The summed E-state index contributed by atoms with van der Waals surface area (Å²) in [5, 5.41) is 54.0. The topological polar surface area (TPSA) is 178 Å². The number of carbonyl (C=O) groups is 2. The van der Waals surface area contributed by atoms with Crippen molar-refractivity contribution < 1.29 is 34.8 Å². The zero-order valence-corrected chi connectivity index (χ0v) is 41.4. The fourth-order valence-corrected chi connectivity index (χ4v) is 18.6. The molecule has 6 aliphatic carbocycles. The first-order valence-electron chi connectivity index (χ1n) is 26.4. The van der Waals surface area contributed by atoms with Crippen LogP contribution in [0.5, 0.6) is 5.75 Å². The molecule has 0 aromatic heterocycles. The van der Waals surface area contributed by atoms with Crippen molar-refractivity contribution in [3.63, 3.8) is 0 Å². The Balaban J connectivity index is 1.06. The number of nitrogen functional groups attached to an aromatic ring is 1. The van der Waals surface area contributed by atoms with E-state index in [4.69, 9.17) is 10.5 Å². The molecule has 7 fully saturated rings. The van der Waals surface area contributed by atoms with Gasteiger partial charge in [-0.25, -0.2) is 0 Å². The number of carbonyl (C=O) groups excluding carboxylic acids is 2. The molecule has 10 nitrogen and oxygen atoms in total. The SMILES string of the molecule is CNCc1cc(O)cc(C23CCCC45CC(=O)C(C(C)CC(O)C6OC6(C)C6CCCC6c6cccc(N)c6)=C4CCC4C(C)(C2)C2C(CC45CCO)NCC(C)(O)CCCCC2(C)C3=O)c1. The Labute approximate surface area is 399 Å². The maximum absolute atomic E-state index is 16.3. The maximum Gasteiger partial charge on any atom is 0.160 e. The lowest BCUT2D eigenvalue weighted by Gasteiger charge is -2.72. The van der Waals surface area contributed by atoms with Crippen molar-refractivity contribution in [3.8, 4) is 5.75 Å². The third-order valence-corrected chi connectivity index (χ3v) is 20.8. The van der Waals surface area contributed by atoms with Crippen molar-refractivity contribution in [1.82, 2.24) is 10.6 Å². The second-order valence-electron chi connectivity index (χ2n) is 24.7. The monoisotopic (exact) mass is 920 g/mol. The molecule has 0 radical (unpaired) electrons. The number of nitrogens with one attached hydrogen (secondary N) is 2. The Morgan fingerprint density at radius 3 is 2.52 bits per heavy atom. The van der Waals surface area contributed by atoms with E-state index in [9.17, 15) is 20.4 Å². The average Bonchev–Trinajstić information content (AvgIpc) is 3.55. The molecular weight excluding hydrogens is 839 g/mol. The third kappa shape index (κ3) is 7.20. The number of allylic oxidation sites excluding steroid dienone is 2. The van der Waals surface area contributed by atoms with Crippen molar-refractivity contribution >= 4 is 17.3 Å². The number of benzene rings is 2. The number of β-amino-alcohol motifs (C(OH)–C–C–N with tert-alkyl or cyclic N) is 1. The van der Waals surface area contributed by atoms with Crippen LogP contribution in [0.25, 0.3) is 0 Å². The van der Waals surface area contributed by atoms with E-state index in [1.54, 1.807) is 0 Å². The van der Waals surface area contributed by atoms with E-state index < -0.39 is 39.0 Å². The van der Waals surface area contributed by atoms with Gasteiger partial charge in [0.2, 0.25) is 0 Å². The molecule has 2 aliphatic heterocycles. The highest BCUT2D eigenvalue weighted by Gasteiger charge is 2.76. The van der Waals surface area contributed by atoms with Gasteiger partial charge in [-0.15, -0.1) is 0 Å². The number of nitrogens with two attached hydrogens (primary N) is 1. The van der Waals surface area contributed by atoms with Crippen LogP contribution in [0.4, 0.5) is 5.69 Å². The molecular formula is C57H81N3O7. The van der Waals surface area contributed by atoms with Gasteiger partial charge in [0.15, 0.2) is 5.78 Å². The summed E-state index contributed by atoms with van der Waals surface area (Å²) in [5.74, 6) is 1.16. The third-order valence-electron chi connectivity index (χ3n) is 20.8. The smallest absolute Gasteiger partial charge is 0.160 e. The highest BCUT2D eigenvalue weighted by atomic mass is 16.6. The number of hydrogen-bond acceptors (Lipinski definition) is 10. The summed E-state index contributed by atoms with van der Waals surface area (Å²) < 4.78 is 6.57. The highest BCUT2D eigenvalue weighted by molar-refractivity contribution is 6.01. The van der Waals surface area contributed by atoms with Gasteiger partial charge in [0.1, 0.15) is 17.6 Å². The molecule has 15 unspecified atom stereocenters. The van der Waals surface area contributed by atoms with Crippen LogP contribution < -0.4 is 16.4 Å². The minimum absolute atomic E-state index is 0.00508. The number of aromatic hydroxyl groups is 1. The Hall–Kier alpha value is -3.12. The Bertz CT molecular complexity index is 2310. The number of ketones is 2. The first-order chi connectivity index (χ1) is 31.8. The summed E-state index contributed by atoms with van der Waals surface area (Å²) in [7, 11) is 1.91. The number of aliphatic hydroxyl groups excluding tert-OH is 2. The summed E-state index contributed by atoms with van der Waals surface area (Å²) in [6.45, 7) is 12.0. The van der Waals surface area contributed by atoms with Crippen LogP contribution in [0.1, 0.15) is 166 Å². The molecule has 10 heteroatoms. The number of fused-ring (bicyclic) bond motifs is 1. The van der Waals surface area contributed by atoms with Crippen molar-refractivity contribution in [2.24, 2.45) is 45.3 Å². The molecule has 67 heavy (non-hydrogen) atoms. The molecule has 5 saturated carbocycles. The summed E-state index contributed by atoms with van der Waals surface area (Å²) in [6, 6.07) is 14.0. The number of hydrogen-bond donors (Lipinski definition) is 7. The predicted octanol–water partition coefficient (Wildman–Crippen LogP) is 8.57. The number of phenolic OH excluding ortho intramolecular Hbond substituents is 1. The quantitative estimate of drug-likeness (QED) is 0.0854. The predicted molar refractivity (Wildman–Crippen MR) is 261 cm³/mol. The van der Waals surface area contributed by atoms with Gasteiger partial charge in [-0.2, -0.15) is 0 Å². The number of phenols is 1. The Morgan fingerprint density at radius 1 is 0.970 bits per heavy atom. The van der Waals surface area contributed by atoms with Crippen molar-refractivity contribution in [2.75, 3.05) is 25.9 Å². The minimum atomic E-state index is -0.912. The standard InChI is InChI=1S/C57H81N3O7/c1-34(24-44(63)49-54(5,67-49)41-15-10-14-40(41)36-12-9-13-38(58)27-36)47-42-16-17-46-53(4)32-55(37-25-35(31-59-6)26-39(62)28-37)20-11-21-56(42,30-45(47)64)57(46,22-23-61)29-43-48(53)52(3,50(55)65)19-8-7-18-51(2,66)33-60-43/h9,12-13,25-28,34,40-41,43-44,46,48-49,59-63,66H,7-8,10-11,14-24,29-33,58H2,1-6H3. The molecule has 2 aromatic carbocycles. The van der Waals surface area contributed by atoms with Crippen LogP contribution in [0.2, 0.25) is 0 Å². The molecule has 8 aliphatic rings.